The van der Waals surface area contributed by atoms with E-state index in [0.717, 1.165) is 6.07 Å². The van der Waals surface area contributed by atoms with Crippen molar-refractivity contribution in [3.63, 3.8) is 0 Å². The van der Waals surface area contributed by atoms with Gasteiger partial charge in [-0.15, -0.1) is 0 Å². The number of hydrogen-bond donors (Lipinski definition) is 2. The van der Waals surface area contributed by atoms with Gasteiger partial charge >= 0.3 is 5.97 Å². The van der Waals surface area contributed by atoms with Gasteiger partial charge in [0.2, 0.25) is 0 Å². The highest BCUT2D eigenvalue weighted by Gasteiger charge is 2.17. The number of hydrogen-bond acceptors (Lipinski definition) is 4. The fourth-order valence-corrected chi connectivity index (χ4v) is 1.95. The molecule has 1 aromatic heterocycles. The maximum absolute atomic E-state index is 13.7. The Labute approximate surface area is 108 Å². The molecule has 0 saturated carbocycles. The van der Waals surface area contributed by atoms with E-state index in [1.807, 2.05) is 6.07 Å². The molecule has 2 rings (SSSR count). The minimum atomic E-state index is -0.821. The number of rotatable bonds is 3. The number of aromatic amines is 1. The fourth-order valence-electron chi connectivity index (χ4n) is 1.95. The zero-order valence-corrected chi connectivity index (χ0v) is 10.2. The van der Waals surface area contributed by atoms with Gasteiger partial charge in [-0.2, -0.15) is 5.26 Å². The summed E-state index contributed by atoms with van der Waals surface area (Å²) in [6, 6.07) is 3.79. The predicted octanol–water partition coefficient (Wildman–Crippen LogP) is 1.22. The molecule has 0 aliphatic rings. The molecule has 5 nitrogen and oxygen atoms in total. The van der Waals surface area contributed by atoms with Crippen LogP contribution >= 0.6 is 0 Å². The Morgan fingerprint density at radius 2 is 2.37 bits per heavy atom. The monoisotopic (exact) mass is 261 g/mol. The van der Waals surface area contributed by atoms with Crippen LogP contribution in [0.3, 0.4) is 0 Å². The second-order valence-corrected chi connectivity index (χ2v) is 4.14. The third kappa shape index (κ3) is 2.41. The van der Waals surface area contributed by atoms with Crippen molar-refractivity contribution in [1.82, 2.24) is 4.98 Å². The van der Waals surface area contributed by atoms with Crippen LogP contribution in [-0.2, 0) is 16.0 Å². The molecule has 3 N–H and O–H groups in total. The predicted molar refractivity (Wildman–Crippen MR) is 66.7 cm³/mol. The molecule has 0 bridgehead atoms. The molecule has 0 saturated heterocycles. The minimum absolute atomic E-state index is 0.209. The number of aromatic nitrogens is 1. The molecule has 0 radical (unpaired) electrons. The highest BCUT2D eigenvalue weighted by Crippen LogP contribution is 2.23. The Balaban J connectivity index is 2.42. The van der Waals surface area contributed by atoms with Crippen LogP contribution in [0.1, 0.15) is 11.1 Å². The summed E-state index contributed by atoms with van der Waals surface area (Å²) >= 11 is 0. The number of carbonyl (C=O) groups excluding carboxylic acids is 1. The fraction of sp³-hybridized carbons (Fsp3) is 0.231. The van der Waals surface area contributed by atoms with E-state index < -0.39 is 17.8 Å². The van der Waals surface area contributed by atoms with Crippen molar-refractivity contribution in [2.75, 3.05) is 7.11 Å². The lowest BCUT2D eigenvalue weighted by Crippen LogP contribution is -2.33. The molecule has 2 aromatic rings. The molecule has 0 aliphatic carbocycles. The molecule has 6 heteroatoms. The largest absolute Gasteiger partial charge is 0.468 e. The van der Waals surface area contributed by atoms with Crippen LogP contribution in [0.4, 0.5) is 4.39 Å². The molecule has 1 atom stereocenters. The Hall–Kier alpha value is -2.39. The van der Waals surface area contributed by atoms with Crippen molar-refractivity contribution in [3.8, 4) is 6.07 Å². The van der Waals surface area contributed by atoms with E-state index in [1.54, 1.807) is 12.3 Å². The molecule has 1 aromatic carbocycles. The second-order valence-electron chi connectivity index (χ2n) is 4.14. The average Bonchev–Trinajstić information content (AvgIpc) is 2.81. The number of ether oxygens (including phenoxy) is 1. The van der Waals surface area contributed by atoms with E-state index in [2.05, 4.69) is 9.72 Å². The van der Waals surface area contributed by atoms with E-state index in [9.17, 15) is 9.18 Å². The highest BCUT2D eigenvalue weighted by molar-refractivity contribution is 5.86. The second kappa shape index (κ2) is 5.08. The van der Waals surface area contributed by atoms with Crippen molar-refractivity contribution >= 4 is 16.9 Å². The smallest absolute Gasteiger partial charge is 0.322 e. The standard InChI is InChI=1S/C13H12FN3O2/c1-19-13(18)11(16)4-8-6-17-12-9(8)2-7(5-15)3-10(12)14/h2-3,6,11,17H,4,16H2,1H3. The van der Waals surface area contributed by atoms with E-state index in [1.165, 1.54) is 7.11 Å². The lowest BCUT2D eigenvalue weighted by molar-refractivity contribution is -0.142. The number of halogens is 1. The number of nitrogens with one attached hydrogen (secondary N) is 1. The summed E-state index contributed by atoms with van der Waals surface area (Å²) in [7, 11) is 1.25. The third-order valence-electron chi connectivity index (χ3n) is 2.90. The number of benzene rings is 1. The number of nitrogens with two attached hydrogens (primary N) is 1. The van der Waals surface area contributed by atoms with Crippen LogP contribution in [0.25, 0.3) is 10.9 Å². The number of nitrogens with zero attached hydrogens (tertiary/aromatic N) is 1. The van der Waals surface area contributed by atoms with Gasteiger partial charge < -0.3 is 15.5 Å². The summed E-state index contributed by atoms with van der Waals surface area (Å²) in [5, 5.41) is 9.38. The van der Waals surface area contributed by atoms with Gasteiger partial charge in [0.1, 0.15) is 11.9 Å². The molecule has 19 heavy (non-hydrogen) atoms. The molecule has 1 heterocycles. The third-order valence-corrected chi connectivity index (χ3v) is 2.90. The van der Waals surface area contributed by atoms with Gasteiger partial charge in [-0.3, -0.25) is 4.79 Å². The Bertz CT molecular complexity index is 672. The first-order valence-corrected chi connectivity index (χ1v) is 5.59. The van der Waals surface area contributed by atoms with E-state index >= 15 is 0 Å². The first-order valence-electron chi connectivity index (χ1n) is 5.59. The maximum Gasteiger partial charge on any atom is 0.322 e. The molecule has 0 amide bonds. The number of fused-ring (bicyclic) bond motifs is 1. The van der Waals surface area contributed by atoms with Gasteiger partial charge in [-0.05, 0) is 17.7 Å². The first-order chi connectivity index (χ1) is 9.06. The SMILES string of the molecule is COC(=O)C(N)Cc1c[nH]c2c(F)cc(C#N)cc12. The molecular formula is C13H12FN3O2. The van der Waals surface area contributed by atoms with E-state index in [-0.39, 0.29) is 12.0 Å². The van der Waals surface area contributed by atoms with Crippen molar-refractivity contribution in [1.29, 1.82) is 5.26 Å². The Kier molecular flexibility index (Phi) is 3.49. The van der Waals surface area contributed by atoms with Crippen molar-refractivity contribution in [2.45, 2.75) is 12.5 Å². The van der Waals surface area contributed by atoms with Crippen molar-refractivity contribution < 1.29 is 13.9 Å². The quantitative estimate of drug-likeness (QED) is 0.812. The van der Waals surface area contributed by atoms with Crippen molar-refractivity contribution in [2.24, 2.45) is 5.73 Å². The normalized spacial score (nSPS) is 12.1. The molecule has 0 spiro atoms. The zero-order valence-electron chi connectivity index (χ0n) is 10.2. The van der Waals surface area contributed by atoms with Gasteiger partial charge in [0.15, 0.2) is 0 Å². The van der Waals surface area contributed by atoms with Gasteiger partial charge in [-0.25, -0.2) is 4.39 Å². The van der Waals surface area contributed by atoms with Crippen LogP contribution in [0, 0.1) is 17.1 Å². The number of esters is 1. The van der Waals surface area contributed by atoms with Crippen LogP contribution in [0.2, 0.25) is 0 Å². The lowest BCUT2D eigenvalue weighted by Gasteiger charge is -2.08. The summed E-state index contributed by atoms with van der Waals surface area (Å²) in [5.74, 6) is -1.04. The minimum Gasteiger partial charge on any atom is -0.468 e. The highest BCUT2D eigenvalue weighted by atomic mass is 19.1. The van der Waals surface area contributed by atoms with Crippen LogP contribution in [0.5, 0.6) is 0 Å². The van der Waals surface area contributed by atoms with Crippen LogP contribution < -0.4 is 5.73 Å². The first kappa shape index (κ1) is 13.1. The molecular weight excluding hydrogens is 249 g/mol. The summed E-state index contributed by atoms with van der Waals surface area (Å²) < 4.78 is 18.2. The van der Waals surface area contributed by atoms with Crippen LogP contribution in [-0.4, -0.2) is 24.1 Å². The van der Waals surface area contributed by atoms with E-state index in [4.69, 9.17) is 11.0 Å². The molecule has 0 aliphatic heterocycles. The summed E-state index contributed by atoms with van der Waals surface area (Å²) in [5.41, 5.74) is 6.86. The van der Waals surface area contributed by atoms with Crippen LogP contribution in [0.15, 0.2) is 18.3 Å². The number of nitriles is 1. The molecule has 1 unspecified atom stereocenters. The Morgan fingerprint density at radius 3 is 3.00 bits per heavy atom. The topological polar surface area (TPSA) is 91.9 Å². The number of H-pyrrole nitrogens is 1. The van der Waals surface area contributed by atoms with E-state index in [0.29, 0.717) is 16.5 Å². The summed E-state index contributed by atoms with van der Waals surface area (Å²) in [4.78, 5) is 14.1. The summed E-state index contributed by atoms with van der Waals surface area (Å²) in [6.07, 6.45) is 1.79. The summed E-state index contributed by atoms with van der Waals surface area (Å²) in [6.45, 7) is 0. The van der Waals surface area contributed by atoms with Gasteiger partial charge in [0.05, 0.1) is 24.3 Å². The Morgan fingerprint density at radius 1 is 1.63 bits per heavy atom. The zero-order chi connectivity index (χ0) is 14.0. The molecule has 98 valence electrons. The number of methoxy groups -OCH3 is 1. The van der Waals surface area contributed by atoms with Gasteiger partial charge in [-0.1, -0.05) is 0 Å². The average molecular weight is 261 g/mol. The van der Waals surface area contributed by atoms with Gasteiger partial charge in [0, 0.05) is 18.0 Å². The lowest BCUT2D eigenvalue weighted by atomic mass is 10.0. The maximum atomic E-state index is 13.7. The van der Waals surface area contributed by atoms with Gasteiger partial charge in [0.25, 0.3) is 0 Å². The number of carbonyl (C=O) groups is 1. The molecule has 0 fully saturated rings. The van der Waals surface area contributed by atoms with Crippen molar-refractivity contribution in [3.05, 3.63) is 35.3 Å².